The molecule has 0 saturated carbocycles. The minimum Gasteiger partial charge on any atom is -0.282 e. The summed E-state index contributed by atoms with van der Waals surface area (Å²) in [6, 6.07) is 0. The molecule has 0 unspecified atom stereocenters. The van der Waals surface area contributed by atoms with E-state index in [-0.39, 0.29) is 6.29 Å². The fourth-order valence-electron chi connectivity index (χ4n) is 1.68. The Balaban J connectivity index is 1.95. The minimum absolute atomic E-state index is 0.131. The van der Waals surface area contributed by atoms with Gasteiger partial charge in [-0.15, -0.1) is 0 Å². The molecular weight excluding hydrogens is 174 g/mol. The fraction of sp³-hybridized carbons (Fsp3) is 0.545. The van der Waals surface area contributed by atoms with Gasteiger partial charge in [0, 0.05) is 25.2 Å². The highest BCUT2D eigenvalue weighted by atomic mass is 15.3. The van der Waals surface area contributed by atoms with Crippen molar-refractivity contribution in [3.63, 3.8) is 0 Å². The van der Waals surface area contributed by atoms with E-state index in [0.29, 0.717) is 0 Å². The zero-order chi connectivity index (χ0) is 9.80. The van der Waals surface area contributed by atoms with Crippen molar-refractivity contribution >= 4 is 5.71 Å². The van der Waals surface area contributed by atoms with E-state index in [1.54, 1.807) is 0 Å². The third-order valence-corrected chi connectivity index (χ3v) is 2.57. The second-order valence-electron chi connectivity index (χ2n) is 3.60. The highest BCUT2D eigenvalue weighted by Gasteiger charge is 2.11. The Morgan fingerprint density at radius 3 is 2.71 bits per heavy atom. The molecule has 1 aliphatic carbocycles. The van der Waals surface area contributed by atoms with Crippen LogP contribution in [-0.2, 0) is 0 Å². The molecule has 1 heterocycles. The van der Waals surface area contributed by atoms with Crippen molar-refractivity contribution in [1.29, 1.82) is 0 Å². The maximum Gasteiger partial charge on any atom is 0.153 e. The topological polar surface area (TPSA) is 36.4 Å². The lowest BCUT2D eigenvalue weighted by Gasteiger charge is -2.10. The van der Waals surface area contributed by atoms with Gasteiger partial charge in [0.05, 0.1) is 0 Å². The molecule has 76 valence electrons. The van der Waals surface area contributed by atoms with Gasteiger partial charge in [-0.25, -0.2) is 0 Å². The summed E-state index contributed by atoms with van der Waals surface area (Å²) < 4.78 is 0. The van der Waals surface area contributed by atoms with Crippen molar-refractivity contribution in [1.82, 2.24) is 10.6 Å². The van der Waals surface area contributed by atoms with Crippen LogP contribution in [0, 0.1) is 0 Å². The molecule has 0 amide bonds. The standard InChI is InChI=1S/C11H17N3/c1-2-9-3-5-10(6-4-9)14-11-12-7-8-13-11/h3-5,11-13H,2,6-8H2,1H3/b14-10-. The molecule has 2 aliphatic rings. The molecule has 3 nitrogen and oxygen atoms in total. The molecule has 2 rings (SSSR count). The number of aliphatic imine (C=N–C) groups is 1. The van der Waals surface area contributed by atoms with E-state index >= 15 is 0 Å². The Morgan fingerprint density at radius 1 is 1.36 bits per heavy atom. The first-order valence-electron chi connectivity index (χ1n) is 5.29. The molecule has 1 fully saturated rings. The molecule has 3 heteroatoms. The lowest BCUT2D eigenvalue weighted by Crippen LogP contribution is -2.29. The van der Waals surface area contributed by atoms with Crippen LogP contribution >= 0.6 is 0 Å². The molecule has 0 aromatic heterocycles. The highest BCUT2D eigenvalue weighted by Crippen LogP contribution is 2.11. The van der Waals surface area contributed by atoms with Gasteiger partial charge >= 0.3 is 0 Å². The molecule has 0 aromatic rings. The van der Waals surface area contributed by atoms with Crippen molar-refractivity contribution in [3.05, 3.63) is 23.8 Å². The fourth-order valence-corrected chi connectivity index (χ4v) is 1.68. The van der Waals surface area contributed by atoms with E-state index in [1.165, 1.54) is 5.57 Å². The highest BCUT2D eigenvalue weighted by molar-refractivity contribution is 5.97. The van der Waals surface area contributed by atoms with Gasteiger partial charge in [0.15, 0.2) is 6.29 Å². The lowest BCUT2D eigenvalue weighted by molar-refractivity contribution is 0.580. The second-order valence-corrected chi connectivity index (χ2v) is 3.60. The first-order valence-corrected chi connectivity index (χ1v) is 5.29. The summed E-state index contributed by atoms with van der Waals surface area (Å²) in [7, 11) is 0. The van der Waals surface area contributed by atoms with Gasteiger partial charge in [-0.3, -0.25) is 15.6 Å². The predicted molar refractivity (Wildman–Crippen MR) is 59.4 cm³/mol. The van der Waals surface area contributed by atoms with Gasteiger partial charge in [-0.05, 0) is 12.5 Å². The zero-order valence-electron chi connectivity index (χ0n) is 8.59. The average Bonchev–Trinajstić information content (AvgIpc) is 2.72. The Hall–Kier alpha value is -0.930. The average molecular weight is 191 g/mol. The quantitative estimate of drug-likeness (QED) is 0.688. The normalized spacial score (nSPS) is 25.8. The van der Waals surface area contributed by atoms with E-state index in [1.807, 2.05) is 0 Å². The Morgan fingerprint density at radius 2 is 2.14 bits per heavy atom. The molecular formula is C11H17N3. The summed E-state index contributed by atoms with van der Waals surface area (Å²) in [6.07, 6.45) is 8.76. The number of allylic oxidation sites excluding steroid dienone is 4. The smallest absolute Gasteiger partial charge is 0.153 e. The van der Waals surface area contributed by atoms with Crippen LogP contribution in [0.15, 0.2) is 28.8 Å². The van der Waals surface area contributed by atoms with Crippen molar-refractivity contribution < 1.29 is 0 Å². The Labute approximate surface area is 85.0 Å². The Bertz CT molecular complexity index is 283. The van der Waals surface area contributed by atoms with Gasteiger partial charge in [0.25, 0.3) is 0 Å². The van der Waals surface area contributed by atoms with E-state index < -0.39 is 0 Å². The summed E-state index contributed by atoms with van der Waals surface area (Å²) >= 11 is 0. The van der Waals surface area contributed by atoms with Gasteiger partial charge < -0.3 is 0 Å². The predicted octanol–water partition coefficient (Wildman–Crippen LogP) is 1.20. The molecule has 0 radical (unpaired) electrons. The van der Waals surface area contributed by atoms with Crippen LogP contribution in [-0.4, -0.2) is 25.1 Å². The maximum absolute atomic E-state index is 4.57. The van der Waals surface area contributed by atoms with Crippen molar-refractivity contribution in [2.75, 3.05) is 13.1 Å². The SMILES string of the molecule is CCC1=CC/C(=N\C2NCCN2)C=C1. The number of nitrogens with zero attached hydrogens (tertiary/aromatic N) is 1. The first-order chi connectivity index (χ1) is 6.88. The maximum atomic E-state index is 4.57. The van der Waals surface area contributed by atoms with Gasteiger partial charge in [0.1, 0.15) is 0 Å². The first kappa shape index (κ1) is 9.62. The van der Waals surface area contributed by atoms with Crippen LogP contribution in [0.5, 0.6) is 0 Å². The summed E-state index contributed by atoms with van der Waals surface area (Å²) in [5, 5.41) is 6.55. The number of nitrogens with one attached hydrogen (secondary N) is 2. The van der Waals surface area contributed by atoms with Crippen molar-refractivity contribution in [3.8, 4) is 0 Å². The van der Waals surface area contributed by atoms with Crippen LogP contribution in [0.2, 0.25) is 0 Å². The van der Waals surface area contributed by atoms with Crippen LogP contribution < -0.4 is 10.6 Å². The largest absolute Gasteiger partial charge is 0.282 e. The third kappa shape index (κ3) is 2.30. The van der Waals surface area contributed by atoms with Gasteiger partial charge in [0.2, 0.25) is 0 Å². The molecule has 0 atom stereocenters. The molecule has 0 bridgehead atoms. The van der Waals surface area contributed by atoms with Crippen molar-refractivity contribution in [2.24, 2.45) is 4.99 Å². The van der Waals surface area contributed by atoms with Gasteiger partial charge in [-0.1, -0.05) is 24.6 Å². The number of hydrogen-bond acceptors (Lipinski definition) is 3. The summed E-state index contributed by atoms with van der Waals surface area (Å²) in [5.74, 6) is 0. The summed E-state index contributed by atoms with van der Waals surface area (Å²) in [6.45, 7) is 4.21. The Kier molecular flexibility index (Phi) is 3.11. The van der Waals surface area contributed by atoms with E-state index in [0.717, 1.165) is 31.6 Å². The van der Waals surface area contributed by atoms with Crippen LogP contribution in [0.1, 0.15) is 19.8 Å². The zero-order valence-corrected chi connectivity index (χ0v) is 8.59. The van der Waals surface area contributed by atoms with Crippen LogP contribution in [0.3, 0.4) is 0 Å². The molecule has 0 aromatic carbocycles. The van der Waals surface area contributed by atoms with E-state index in [2.05, 4.69) is 40.8 Å². The molecule has 1 aliphatic heterocycles. The van der Waals surface area contributed by atoms with Gasteiger partial charge in [-0.2, -0.15) is 0 Å². The minimum atomic E-state index is 0.131. The molecule has 1 saturated heterocycles. The van der Waals surface area contributed by atoms with Crippen LogP contribution in [0.25, 0.3) is 0 Å². The summed E-state index contributed by atoms with van der Waals surface area (Å²) in [5.41, 5.74) is 2.57. The van der Waals surface area contributed by atoms with Crippen LogP contribution in [0.4, 0.5) is 0 Å². The second kappa shape index (κ2) is 4.53. The molecule has 2 N–H and O–H groups in total. The monoisotopic (exact) mass is 191 g/mol. The molecule has 0 spiro atoms. The number of hydrogen-bond donors (Lipinski definition) is 2. The van der Waals surface area contributed by atoms with E-state index in [4.69, 9.17) is 0 Å². The number of rotatable bonds is 2. The van der Waals surface area contributed by atoms with Crippen molar-refractivity contribution in [2.45, 2.75) is 26.1 Å². The third-order valence-electron chi connectivity index (χ3n) is 2.57. The lowest BCUT2D eigenvalue weighted by atomic mass is 10.0. The summed E-state index contributed by atoms with van der Waals surface area (Å²) in [4.78, 5) is 4.57. The van der Waals surface area contributed by atoms with E-state index in [9.17, 15) is 0 Å². The molecule has 14 heavy (non-hydrogen) atoms.